The van der Waals surface area contributed by atoms with Gasteiger partial charge in [0, 0.05) is 11.1 Å². The van der Waals surface area contributed by atoms with Crippen LogP contribution in [0.1, 0.15) is 88.1 Å². The molecule has 0 aliphatic carbocycles. The van der Waals surface area contributed by atoms with E-state index >= 15 is 0 Å². The zero-order valence-electron chi connectivity index (χ0n) is 27.0. The summed E-state index contributed by atoms with van der Waals surface area (Å²) in [5.74, 6) is -1.06. The summed E-state index contributed by atoms with van der Waals surface area (Å²) < 4.78 is 11.4. The van der Waals surface area contributed by atoms with Gasteiger partial charge < -0.3 is 19.7 Å². The predicted molar refractivity (Wildman–Crippen MR) is 167 cm³/mol. The maximum absolute atomic E-state index is 13.7. The highest BCUT2D eigenvalue weighted by atomic mass is 16.6. The molecule has 4 rings (SSSR count). The van der Waals surface area contributed by atoms with Gasteiger partial charge in [0.1, 0.15) is 23.9 Å². The second-order valence-corrected chi connectivity index (χ2v) is 14.1. The molecule has 2 saturated heterocycles. The Morgan fingerprint density at radius 3 is 2.16 bits per heavy atom. The number of ether oxygens (including phenoxy) is 2. The Labute approximate surface area is 260 Å². The maximum Gasteiger partial charge on any atom is 0.429 e. The standard InChI is InChI=1S/C34H46N4O6/c1-21(2)18-25(35-29(39)22-14-16-24(17-15-22)33(3,4)5)30(40)36-38(32(42)44-34(6,7)8)19-26-28-27(43-28)20-37(26)31(41)23-12-10-9-11-13-23/h9-17,21,25-28H,18-20H2,1-8H3,(H,35,39)(H,36,40)/t25-,26?,27?,28?/m0/s1. The number of hydrogen-bond donors (Lipinski definition) is 2. The molecule has 2 heterocycles. The summed E-state index contributed by atoms with van der Waals surface area (Å²) in [7, 11) is 0. The lowest BCUT2D eigenvalue weighted by Crippen LogP contribution is -2.59. The van der Waals surface area contributed by atoms with Crippen LogP contribution in [-0.4, -0.2) is 76.7 Å². The van der Waals surface area contributed by atoms with Crippen LogP contribution in [0.5, 0.6) is 0 Å². The Bertz CT molecular complexity index is 1350. The first-order chi connectivity index (χ1) is 20.5. The number of amides is 4. The first-order valence-electron chi connectivity index (χ1n) is 15.3. The lowest BCUT2D eigenvalue weighted by molar-refractivity contribution is -0.128. The van der Waals surface area contributed by atoms with E-state index in [2.05, 4.69) is 31.5 Å². The number of fused-ring (bicyclic) bond motifs is 1. The summed E-state index contributed by atoms with van der Waals surface area (Å²) in [6.07, 6.45) is -0.807. The molecule has 2 fully saturated rings. The van der Waals surface area contributed by atoms with Crippen molar-refractivity contribution in [2.75, 3.05) is 13.1 Å². The maximum atomic E-state index is 13.7. The van der Waals surface area contributed by atoms with E-state index in [0.29, 0.717) is 24.1 Å². The molecule has 0 radical (unpaired) electrons. The summed E-state index contributed by atoms with van der Waals surface area (Å²) >= 11 is 0. The summed E-state index contributed by atoms with van der Waals surface area (Å²) in [6.45, 7) is 15.7. The van der Waals surface area contributed by atoms with Crippen LogP contribution in [0.4, 0.5) is 4.79 Å². The van der Waals surface area contributed by atoms with Gasteiger partial charge in [-0.05, 0) is 68.4 Å². The van der Waals surface area contributed by atoms with Gasteiger partial charge in [-0.2, -0.15) is 0 Å². The van der Waals surface area contributed by atoms with E-state index in [1.807, 2.05) is 32.0 Å². The molecule has 10 nitrogen and oxygen atoms in total. The van der Waals surface area contributed by atoms with Gasteiger partial charge in [-0.15, -0.1) is 0 Å². The van der Waals surface area contributed by atoms with Crippen LogP contribution in [-0.2, 0) is 19.7 Å². The molecule has 10 heteroatoms. The molecule has 2 aromatic carbocycles. The number of likely N-dealkylation sites (tertiary alicyclic amines) is 1. The minimum absolute atomic E-state index is 0.0446. The first kappa shape index (κ1) is 33.0. The molecule has 2 aliphatic rings. The van der Waals surface area contributed by atoms with Crippen molar-refractivity contribution >= 4 is 23.8 Å². The monoisotopic (exact) mass is 606 g/mol. The molecule has 0 aromatic heterocycles. The molecule has 2 aromatic rings. The molecule has 3 unspecified atom stereocenters. The quantitative estimate of drug-likeness (QED) is 0.332. The Morgan fingerprint density at radius 2 is 1.59 bits per heavy atom. The Balaban J connectivity index is 1.53. The van der Waals surface area contributed by atoms with E-state index in [1.165, 1.54) is 0 Å². The average Bonchev–Trinajstić information content (AvgIpc) is 3.63. The van der Waals surface area contributed by atoms with E-state index in [1.54, 1.807) is 62.1 Å². The van der Waals surface area contributed by atoms with Crippen LogP contribution in [0, 0.1) is 5.92 Å². The second-order valence-electron chi connectivity index (χ2n) is 14.1. The molecule has 0 saturated carbocycles. The van der Waals surface area contributed by atoms with Crippen molar-refractivity contribution in [1.82, 2.24) is 20.7 Å². The lowest BCUT2D eigenvalue weighted by atomic mass is 9.86. The number of hydrogen-bond acceptors (Lipinski definition) is 6. The summed E-state index contributed by atoms with van der Waals surface area (Å²) in [6, 6.07) is 14.8. The third kappa shape index (κ3) is 8.37. The number of carbonyl (C=O) groups excluding carboxylic acids is 4. The number of nitrogens with one attached hydrogen (secondary N) is 2. The van der Waals surface area contributed by atoms with Crippen molar-refractivity contribution in [1.29, 1.82) is 0 Å². The number of hydrazine groups is 1. The molecule has 2 N–H and O–H groups in total. The van der Waals surface area contributed by atoms with Gasteiger partial charge >= 0.3 is 6.09 Å². The molecular formula is C34H46N4O6. The Kier molecular flexibility index (Phi) is 9.73. The van der Waals surface area contributed by atoms with Gasteiger partial charge in [0.2, 0.25) is 0 Å². The summed E-state index contributed by atoms with van der Waals surface area (Å²) in [5, 5.41) is 3.96. The Morgan fingerprint density at radius 1 is 0.955 bits per heavy atom. The number of epoxide rings is 1. The third-order valence-corrected chi connectivity index (χ3v) is 7.63. The Hall–Kier alpha value is -3.92. The fraction of sp³-hybridized carbons (Fsp3) is 0.529. The summed E-state index contributed by atoms with van der Waals surface area (Å²) in [4.78, 5) is 55.4. The fourth-order valence-corrected chi connectivity index (χ4v) is 5.28. The van der Waals surface area contributed by atoms with Crippen LogP contribution in [0.3, 0.4) is 0 Å². The lowest BCUT2D eigenvalue weighted by Gasteiger charge is -2.34. The van der Waals surface area contributed by atoms with Gasteiger partial charge in [-0.25, -0.2) is 9.80 Å². The topological polar surface area (TPSA) is 121 Å². The summed E-state index contributed by atoms with van der Waals surface area (Å²) in [5.41, 5.74) is 3.86. The minimum atomic E-state index is -0.926. The van der Waals surface area contributed by atoms with Gasteiger partial charge in [0.15, 0.2) is 0 Å². The van der Waals surface area contributed by atoms with Crippen LogP contribution < -0.4 is 10.7 Å². The molecule has 0 bridgehead atoms. The van der Waals surface area contributed by atoms with E-state index in [9.17, 15) is 19.2 Å². The van der Waals surface area contributed by atoms with E-state index < -0.39 is 29.7 Å². The van der Waals surface area contributed by atoms with Crippen molar-refractivity contribution in [3.8, 4) is 0 Å². The van der Waals surface area contributed by atoms with Gasteiger partial charge in [0.05, 0.1) is 19.1 Å². The molecule has 238 valence electrons. The van der Waals surface area contributed by atoms with Gasteiger partial charge in [0.25, 0.3) is 17.7 Å². The molecule has 4 atom stereocenters. The molecule has 4 amide bonds. The van der Waals surface area contributed by atoms with Crippen LogP contribution in [0.2, 0.25) is 0 Å². The third-order valence-electron chi connectivity index (χ3n) is 7.63. The first-order valence-corrected chi connectivity index (χ1v) is 15.3. The van der Waals surface area contributed by atoms with E-state index in [4.69, 9.17) is 9.47 Å². The zero-order valence-corrected chi connectivity index (χ0v) is 27.0. The van der Waals surface area contributed by atoms with Crippen molar-refractivity contribution in [3.63, 3.8) is 0 Å². The van der Waals surface area contributed by atoms with Crippen molar-refractivity contribution in [2.24, 2.45) is 5.92 Å². The average molecular weight is 607 g/mol. The molecule has 0 spiro atoms. The molecular weight excluding hydrogens is 560 g/mol. The number of benzene rings is 2. The van der Waals surface area contributed by atoms with Crippen molar-refractivity contribution in [3.05, 3.63) is 71.3 Å². The van der Waals surface area contributed by atoms with Crippen LogP contribution >= 0.6 is 0 Å². The van der Waals surface area contributed by atoms with Crippen molar-refractivity contribution < 1.29 is 28.7 Å². The zero-order chi connectivity index (χ0) is 32.4. The molecule has 44 heavy (non-hydrogen) atoms. The highest BCUT2D eigenvalue weighted by molar-refractivity contribution is 5.98. The highest BCUT2D eigenvalue weighted by Gasteiger charge is 2.57. The van der Waals surface area contributed by atoms with E-state index in [-0.39, 0.29) is 41.9 Å². The normalized spacial score (nSPS) is 20.0. The second kappa shape index (κ2) is 13.0. The predicted octanol–water partition coefficient (Wildman–Crippen LogP) is 4.69. The van der Waals surface area contributed by atoms with Gasteiger partial charge in [-0.3, -0.25) is 19.8 Å². The molecule has 2 aliphatic heterocycles. The van der Waals surface area contributed by atoms with Crippen LogP contribution in [0.25, 0.3) is 0 Å². The highest BCUT2D eigenvalue weighted by Crippen LogP contribution is 2.37. The minimum Gasteiger partial charge on any atom is -0.442 e. The van der Waals surface area contributed by atoms with Gasteiger partial charge in [-0.1, -0.05) is 65.0 Å². The fourth-order valence-electron chi connectivity index (χ4n) is 5.28. The SMILES string of the molecule is CC(C)C[C@H](NC(=O)c1ccc(C(C)(C)C)cc1)C(=O)NN(CC1C2OC2CN1C(=O)c1ccccc1)C(=O)OC(C)(C)C. The number of nitrogens with zero attached hydrogens (tertiary/aromatic N) is 2. The number of rotatable bonds is 8. The van der Waals surface area contributed by atoms with E-state index in [0.717, 1.165) is 10.6 Å². The van der Waals surface area contributed by atoms with Crippen molar-refractivity contribution in [2.45, 2.75) is 97.1 Å². The van der Waals surface area contributed by atoms with Crippen LogP contribution in [0.15, 0.2) is 54.6 Å². The smallest absolute Gasteiger partial charge is 0.429 e. The largest absolute Gasteiger partial charge is 0.442 e. The number of carbonyl (C=O) groups is 4. The number of morpholine rings is 1.